The Bertz CT molecular complexity index is 987. The van der Waals surface area contributed by atoms with Crippen LogP contribution in [0.25, 0.3) is 27.7 Å². The Morgan fingerprint density at radius 3 is 2.39 bits per heavy atom. The second kappa shape index (κ2) is 5.54. The van der Waals surface area contributed by atoms with Crippen molar-refractivity contribution in [3.8, 4) is 16.8 Å². The van der Waals surface area contributed by atoms with Crippen LogP contribution in [0, 0.1) is 4.91 Å². The van der Waals surface area contributed by atoms with E-state index in [-0.39, 0.29) is 0 Å². The van der Waals surface area contributed by atoms with E-state index in [4.69, 9.17) is 0 Å². The van der Waals surface area contributed by atoms with Gasteiger partial charge < -0.3 is 4.57 Å². The van der Waals surface area contributed by atoms with Crippen LogP contribution in [-0.2, 0) is 0 Å². The highest BCUT2D eigenvalue weighted by Crippen LogP contribution is 2.32. The fraction of sp³-hybridized carbons (Fsp3) is 0. The van der Waals surface area contributed by atoms with E-state index in [0.29, 0.717) is 5.69 Å². The third-order valence-electron chi connectivity index (χ3n) is 4.04. The second-order valence-electron chi connectivity index (χ2n) is 5.40. The summed E-state index contributed by atoms with van der Waals surface area (Å²) in [7, 11) is 0. The zero-order chi connectivity index (χ0) is 15.6. The van der Waals surface area contributed by atoms with Crippen molar-refractivity contribution >= 4 is 16.6 Å². The number of nitrogens with zero attached hydrogens (tertiary/aromatic N) is 2. The zero-order valence-electron chi connectivity index (χ0n) is 12.4. The van der Waals surface area contributed by atoms with E-state index in [1.54, 1.807) is 6.07 Å². The van der Waals surface area contributed by atoms with E-state index < -0.39 is 0 Å². The van der Waals surface area contributed by atoms with Crippen LogP contribution in [0.15, 0.2) is 90.2 Å². The number of rotatable bonds is 3. The monoisotopic (exact) mass is 298 g/mol. The van der Waals surface area contributed by atoms with Gasteiger partial charge in [0.05, 0.1) is 5.52 Å². The first-order valence-electron chi connectivity index (χ1n) is 7.46. The SMILES string of the molecule is O=Nc1ccccc1-c1ccc2c(ccn2-c2ccccc2)c1. The predicted octanol–water partition coefficient (Wildman–Crippen LogP) is 5.70. The highest BCUT2D eigenvalue weighted by atomic mass is 16.3. The number of nitroso groups, excluding NO2 is 1. The summed E-state index contributed by atoms with van der Waals surface area (Å²) in [6.07, 6.45) is 2.06. The molecule has 0 saturated heterocycles. The summed E-state index contributed by atoms with van der Waals surface area (Å²) in [5.74, 6) is 0. The molecule has 0 aliphatic carbocycles. The summed E-state index contributed by atoms with van der Waals surface area (Å²) in [6.45, 7) is 0. The number of aromatic nitrogens is 1. The van der Waals surface area contributed by atoms with E-state index in [1.807, 2.05) is 42.5 Å². The maximum Gasteiger partial charge on any atom is 0.115 e. The van der Waals surface area contributed by atoms with E-state index in [2.05, 4.69) is 46.3 Å². The molecule has 0 fully saturated rings. The molecule has 0 N–H and O–H groups in total. The van der Waals surface area contributed by atoms with Crippen molar-refractivity contribution in [1.82, 2.24) is 4.57 Å². The van der Waals surface area contributed by atoms with Gasteiger partial charge in [-0.3, -0.25) is 0 Å². The third-order valence-corrected chi connectivity index (χ3v) is 4.04. The molecule has 1 heterocycles. The molecule has 0 aliphatic heterocycles. The Morgan fingerprint density at radius 2 is 1.57 bits per heavy atom. The largest absolute Gasteiger partial charge is 0.317 e. The fourth-order valence-corrected chi connectivity index (χ4v) is 2.92. The number of fused-ring (bicyclic) bond motifs is 1. The van der Waals surface area contributed by atoms with Crippen molar-refractivity contribution in [3.63, 3.8) is 0 Å². The van der Waals surface area contributed by atoms with Crippen molar-refractivity contribution in [2.75, 3.05) is 0 Å². The van der Waals surface area contributed by atoms with Crippen molar-refractivity contribution in [2.45, 2.75) is 0 Å². The van der Waals surface area contributed by atoms with Crippen molar-refractivity contribution in [3.05, 3.63) is 90.0 Å². The summed E-state index contributed by atoms with van der Waals surface area (Å²) in [5.41, 5.74) is 4.59. The molecule has 0 spiro atoms. The summed E-state index contributed by atoms with van der Waals surface area (Å²) in [4.78, 5) is 11.0. The first-order valence-corrected chi connectivity index (χ1v) is 7.46. The summed E-state index contributed by atoms with van der Waals surface area (Å²) >= 11 is 0. The smallest absolute Gasteiger partial charge is 0.115 e. The lowest BCUT2D eigenvalue weighted by Crippen LogP contribution is -1.90. The number of para-hydroxylation sites is 1. The molecular weight excluding hydrogens is 284 g/mol. The van der Waals surface area contributed by atoms with Gasteiger partial charge in [0.1, 0.15) is 5.69 Å². The lowest BCUT2D eigenvalue weighted by molar-refractivity contribution is 1.13. The summed E-state index contributed by atoms with van der Waals surface area (Å²) in [6, 6.07) is 25.9. The molecule has 0 unspecified atom stereocenters. The Labute approximate surface area is 133 Å². The van der Waals surface area contributed by atoms with Gasteiger partial charge in [0.2, 0.25) is 0 Å². The van der Waals surface area contributed by atoms with Gasteiger partial charge in [0.15, 0.2) is 0 Å². The van der Waals surface area contributed by atoms with Gasteiger partial charge in [-0.1, -0.05) is 42.5 Å². The van der Waals surface area contributed by atoms with Gasteiger partial charge in [-0.05, 0) is 47.1 Å². The van der Waals surface area contributed by atoms with Crippen LogP contribution in [0.4, 0.5) is 5.69 Å². The van der Waals surface area contributed by atoms with E-state index >= 15 is 0 Å². The minimum absolute atomic E-state index is 0.467. The van der Waals surface area contributed by atoms with Crippen LogP contribution in [0.2, 0.25) is 0 Å². The normalized spacial score (nSPS) is 10.8. The number of hydrogen-bond acceptors (Lipinski definition) is 2. The standard InChI is InChI=1S/C20H14N2O/c23-21-19-9-5-4-8-18(19)15-10-11-20-16(14-15)12-13-22(20)17-6-2-1-3-7-17/h1-14H. The molecule has 3 nitrogen and oxygen atoms in total. The molecule has 4 rings (SSSR count). The van der Waals surface area contributed by atoms with Crippen LogP contribution < -0.4 is 0 Å². The first-order chi connectivity index (χ1) is 11.4. The average Bonchev–Trinajstić information content (AvgIpc) is 3.05. The lowest BCUT2D eigenvalue weighted by atomic mass is 10.0. The van der Waals surface area contributed by atoms with Crippen molar-refractivity contribution < 1.29 is 0 Å². The topological polar surface area (TPSA) is 34.4 Å². The van der Waals surface area contributed by atoms with E-state index in [1.165, 1.54) is 0 Å². The Balaban J connectivity index is 1.86. The zero-order valence-corrected chi connectivity index (χ0v) is 12.4. The Hall–Kier alpha value is -3.20. The molecule has 3 aromatic carbocycles. The number of benzene rings is 3. The Kier molecular flexibility index (Phi) is 3.24. The van der Waals surface area contributed by atoms with Gasteiger partial charge in [-0.2, -0.15) is 0 Å². The lowest BCUT2D eigenvalue weighted by Gasteiger charge is -2.07. The molecule has 0 atom stereocenters. The highest BCUT2D eigenvalue weighted by molar-refractivity contribution is 5.89. The van der Waals surface area contributed by atoms with Crippen molar-refractivity contribution in [2.24, 2.45) is 5.18 Å². The minimum atomic E-state index is 0.467. The molecular formula is C20H14N2O. The molecule has 0 amide bonds. The van der Waals surface area contributed by atoms with Crippen LogP contribution in [0.1, 0.15) is 0 Å². The van der Waals surface area contributed by atoms with Gasteiger partial charge in [-0.15, -0.1) is 4.91 Å². The van der Waals surface area contributed by atoms with Gasteiger partial charge in [0.25, 0.3) is 0 Å². The Morgan fingerprint density at radius 1 is 0.783 bits per heavy atom. The summed E-state index contributed by atoms with van der Waals surface area (Å²) < 4.78 is 2.16. The fourth-order valence-electron chi connectivity index (χ4n) is 2.92. The van der Waals surface area contributed by atoms with Gasteiger partial charge in [-0.25, -0.2) is 0 Å². The van der Waals surface area contributed by atoms with E-state index in [0.717, 1.165) is 27.7 Å². The van der Waals surface area contributed by atoms with Gasteiger partial charge >= 0.3 is 0 Å². The first kappa shape index (κ1) is 13.5. The average molecular weight is 298 g/mol. The molecule has 23 heavy (non-hydrogen) atoms. The minimum Gasteiger partial charge on any atom is -0.317 e. The molecule has 0 bridgehead atoms. The quantitative estimate of drug-likeness (QED) is 0.447. The van der Waals surface area contributed by atoms with Crippen LogP contribution in [-0.4, -0.2) is 4.57 Å². The highest BCUT2D eigenvalue weighted by Gasteiger charge is 2.08. The molecule has 4 aromatic rings. The molecule has 1 aromatic heterocycles. The molecule has 0 radical (unpaired) electrons. The maximum atomic E-state index is 11.0. The van der Waals surface area contributed by atoms with Crippen LogP contribution >= 0.6 is 0 Å². The third kappa shape index (κ3) is 2.32. The molecule has 3 heteroatoms. The van der Waals surface area contributed by atoms with Crippen LogP contribution in [0.5, 0.6) is 0 Å². The predicted molar refractivity (Wildman–Crippen MR) is 94.2 cm³/mol. The van der Waals surface area contributed by atoms with Gasteiger partial charge in [0, 0.05) is 22.8 Å². The maximum absolute atomic E-state index is 11.0. The van der Waals surface area contributed by atoms with Crippen LogP contribution in [0.3, 0.4) is 0 Å². The van der Waals surface area contributed by atoms with E-state index in [9.17, 15) is 4.91 Å². The molecule has 0 aliphatic rings. The van der Waals surface area contributed by atoms with Crippen molar-refractivity contribution in [1.29, 1.82) is 0 Å². The molecule has 110 valence electrons. The molecule has 0 saturated carbocycles. The second-order valence-corrected chi connectivity index (χ2v) is 5.40. The summed E-state index contributed by atoms with van der Waals surface area (Å²) in [5, 5.41) is 4.26. The number of hydrogen-bond donors (Lipinski definition) is 0.